The molecule has 6 heteroatoms. The Labute approximate surface area is 145 Å². The average molecular weight is 341 g/mol. The third-order valence-corrected chi connectivity index (χ3v) is 4.31. The van der Waals surface area contributed by atoms with Crippen molar-refractivity contribution in [2.75, 3.05) is 17.2 Å². The van der Waals surface area contributed by atoms with E-state index in [2.05, 4.69) is 10.6 Å². The summed E-state index contributed by atoms with van der Waals surface area (Å²) in [5.41, 5.74) is 2.21. The molecule has 1 fully saturated rings. The van der Waals surface area contributed by atoms with Crippen LogP contribution in [0.15, 0.2) is 48.5 Å². The molecule has 130 valence electrons. The van der Waals surface area contributed by atoms with Gasteiger partial charge in [-0.2, -0.15) is 0 Å². The van der Waals surface area contributed by atoms with Crippen LogP contribution in [0.4, 0.5) is 20.6 Å². The van der Waals surface area contributed by atoms with Crippen LogP contribution in [-0.4, -0.2) is 29.4 Å². The minimum atomic E-state index is -0.514. The van der Waals surface area contributed by atoms with Gasteiger partial charge in [-0.1, -0.05) is 18.2 Å². The van der Waals surface area contributed by atoms with E-state index < -0.39 is 6.04 Å². The van der Waals surface area contributed by atoms with Gasteiger partial charge < -0.3 is 15.5 Å². The van der Waals surface area contributed by atoms with Gasteiger partial charge in [-0.25, -0.2) is 9.18 Å². The molecule has 0 bridgehead atoms. The third-order valence-electron chi connectivity index (χ3n) is 4.31. The van der Waals surface area contributed by atoms with Gasteiger partial charge >= 0.3 is 6.03 Å². The zero-order valence-corrected chi connectivity index (χ0v) is 14.0. The highest BCUT2D eigenvalue weighted by Gasteiger charge is 2.34. The van der Waals surface area contributed by atoms with Crippen molar-refractivity contribution in [3.05, 3.63) is 59.9 Å². The van der Waals surface area contributed by atoms with Crippen molar-refractivity contribution in [2.45, 2.75) is 25.8 Å². The molecule has 2 N–H and O–H groups in total. The van der Waals surface area contributed by atoms with Crippen LogP contribution in [0.1, 0.15) is 18.4 Å². The highest BCUT2D eigenvalue weighted by atomic mass is 19.1. The molecule has 0 radical (unpaired) electrons. The molecule has 2 aromatic rings. The first-order valence-corrected chi connectivity index (χ1v) is 8.24. The van der Waals surface area contributed by atoms with Crippen molar-refractivity contribution in [3.63, 3.8) is 0 Å². The molecule has 1 unspecified atom stereocenters. The number of carbonyl (C=O) groups is 2. The summed E-state index contributed by atoms with van der Waals surface area (Å²) in [6.07, 6.45) is 1.39. The van der Waals surface area contributed by atoms with Crippen LogP contribution in [0.3, 0.4) is 0 Å². The first-order valence-electron chi connectivity index (χ1n) is 8.24. The van der Waals surface area contributed by atoms with Crippen LogP contribution in [0.2, 0.25) is 0 Å². The molecule has 0 saturated carbocycles. The quantitative estimate of drug-likeness (QED) is 0.893. The second kappa shape index (κ2) is 7.34. The number of nitrogens with one attached hydrogen (secondary N) is 2. The van der Waals surface area contributed by atoms with Gasteiger partial charge in [-0.3, -0.25) is 4.79 Å². The zero-order valence-electron chi connectivity index (χ0n) is 14.0. The largest absolute Gasteiger partial charge is 0.324 e. The van der Waals surface area contributed by atoms with Crippen LogP contribution in [0.5, 0.6) is 0 Å². The van der Waals surface area contributed by atoms with Gasteiger partial charge in [0.15, 0.2) is 0 Å². The average Bonchev–Trinajstić information content (AvgIpc) is 3.09. The summed E-state index contributed by atoms with van der Waals surface area (Å²) >= 11 is 0. The van der Waals surface area contributed by atoms with Gasteiger partial charge in [-0.05, 0) is 55.7 Å². The smallest absolute Gasteiger partial charge is 0.322 e. The fourth-order valence-corrected chi connectivity index (χ4v) is 2.94. The van der Waals surface area contributed by atoms with Crippen LogP contribution < -0.4 is 10.6 Å². The van der Waals surface area contributed by atoms with E-state index in [1.54, 1.807) is 0 Å². The predicted molar refractivity (Wildman–Crippen MR) is 95.0 cm³/mol. The molecule has 3 rings (SSSR count). The Balaban J connectivity index is 1.67. The van der Waals surface area contributed by atoms with Crippen molar-refractivity contribution >= 4 is 23.3 Å². The van der Waals surface area contributed by atoms with E-state index in [0.717, 1.165) is 17.7 Å². The molecule has 3 amide bonds. The summed E-state index contributed by atoms with van der Waals surface area (Å²) in [7, 11) is 0. The highest BCUT2D eigenvalue weighted by molar-refractivity contribution is 5.99. The summed E-state index contributed by atoms with van der Waals surface area (Å²) in [6, 6.07) is 12.2. The van der Waals surface area contributed by atoms with Crippen LogP contribution >= 0.6 is 0 Å². The maximum absolute atomic E-state index is 13.0. The highest BCUT2D eigenvalue weighted by Crippen LogP contribution is 2.22. The van der Waals surface area contributed by atoms with E-state index in [1.165, 1.54) is 29.2 Å². The number of urea groups is 1. The number of hydrogen-bond donors (Lipinski definition) is 2. The fourth-order valence-electron chi connectivity index (χ4n) is 2.94. The Morgan fingerprint density at radius 1 is 1.08 bits per heavy atom. The molecule has 0 aliphatic carbocycles. The number of benzene rings is 2. The summed E-state index contributed by atoms with van der Waals surface area (Å²) in [4.78, 5) is 26.6. The van der Waals surface area contributed by atoms with Gasteiger partial charge in [0.1, 0.15) is 11.9 Å². The molecule has 25 heavy (non-hydrogen) atoms. The monoisotopic (exact) mass is 341 g/mol. The number of rotatable bonds is 3. The lowest BCUT2D eigenvalue weighted by Crippen LogP contribution is -2.45. The predicted octanol–water partition coefficient (Wildman–Crippen LogP) is 3.77. The Hall–Kier alpha value is -2.89. The second-order valence-corrected chi connectivity index (χ2v) is 6.09. The summed E-state index contributed by atoms with van der Waals surface area (Å²) in [5, 5.41) is 5.61. The van der Waals surface area contributed by atoms with Gasteiger partial charge in [0.05, 0.1) is 0 Å². The summed E-state index contributed by atoms with van der Waals surface area (Å²) in [5.74, 6) is -0.560. The molecule has 1 aliphatic rings. The minimum absolute atomic E-state index is 0.193. The van der Waals surface area contributed by atoms with E-state index in [0.29, 0.717) is 18.7 Å². The van der Waals surface area contributed by atoms with E-state index >= 15 is 0 Å². The molecule has 5 nitrogen and oxygen atoms in total. The standard InChI is InChI=1S/C19H20FN3O2/c1-13-5-2-3-6-16(13)22-18(24)17-7-4-12-23(17)19(25)21-15-10-8-14(20)9-11-15/h2-3,5-6,8-11,17H,4,7,12H2,1H3,(H,21,25)(H,22,24). The van der Waals surface area contributed by atoms with E-state index in [1.807, 2.05) is 31.2 Å². The Kier molecular flexibility index (Phi) is 4.97. The maximum atomic E-state index is 13.0. The third kappa shape index (κ3) is 3.96. The van der Waals surface area contributed by atoms with Crippen molar-refractivity contribution in [1.82, 2.24) is 4.90 Å². The SMILES string of the molecule is Cc1ccccc1NC(=O)C1CCCN1C(=O)Nc1ccc(F)cc1. The molecule has 1 heterocycles. The topological polar surface area (TPSA) is 61.4 Å². The maximum Gasteiger partial charge on any atom is 0.322 e. The van der Waals surface area contributed by atoms with E-state index in [-0.39, 0.29) is 17.8 Å². The summed E-state index contributed by atoms with van der Waals surface area (Å²) < 4.78 is 13.0. The molecule has 0 aromatic heterocycles. The second-order valence-electron chi connectivity index (χ2n) is 6.09. The lowest BCUT2D eigenvalue weighted by molar-refractivity contribution is -0.119. The van der Waals surface area contributed by atoms with Gasteiger partial charge in [0.25, 0.3) is 0 Å². The molecule has 1 atom stereocenters. The number of para-hydroxylation sites is 1. The molecule has 1 aliphatic heterocycles. The molecular formula is C19H20FN3O2. The molecule has 1 saturated heterocycles. The molecule has 0 spiro atoms. The van der Waals surface area contributed by atoms with Crippen molar-refractivity contribution in [3.8, 4) is 0 Å². The van der Waals surface area contributed by atoms with Gasteiger partial charge in [0.2, 0.25) is 5.91 Å². The molecular weight excluding hydrogens is 321 g/mol. The number of amides is 3. The number of hydrogen-bond acceptors (Lipinski definition) is 2. The lowest BCUT2D eigenvalue weighted by Gasteiger charge is -2.24. The van der Waals surface area contributed by atoms with Crippen LogP contribution in [-0.2, 0) is 4.79 Å². The number of carbonyl (C=O) groups excluding carboxylic acids is 2. The van der Waals surface area contributed by atoms with Crippen molar-refractivity contribution in [2.24, 2.45) is 0 Å². The number of halogens is 1. The Morgan fingerprint density at radius 3 is 2.52 bits per heavy atom. The number of nitrogens with zero attached hydrogens (tertiary/aromatic N) is 1. The number of anilines is 2. The van der Waals surface area contributed by atoms with Crippen LogP contribution in [0, 0.1) is 12.7 Å². The van der Waals surface area contributed by atoms with Crippen molar-refractivity contribution in [1.29, 1.82) is 0 Å². The first-order chi connectivity index (χ1) is 12.0. The number of likely N-dealkylation sites (tertiary alicyclic amines) is 1. The van der Waals surface area contributed by atoms with E-state index in [9.17, 15) is 14.0 Å². The van der Waals surface area contributed by atoms with Gasteiger partial charge in [-0.15, -0.1) is 0 Å². The molecule has 2 aromatic carbocycles. The van der Waals surface area contributed by atoms with Crippen molar-refractivity contribution < 1.29 is 14.0 Å². The zero-order chi connectivity index (χ0) is 17.8. The first kappa shape index (κ1) is 17.0. The van der Waals surface area contributed by atoms with Crippen LogP contribution in [0.25, 0.3) is 0 Å². The Bertz CT molecular complexity index is 776. The summed E-state index contributed by atoms with van der Waals surface area (Å²) in [6.45, 7) is 2.43. The lowest BCUT2D eigenvalue weighted by atomic mass is 10.1. The normalized spacial score (nSPS) is 16.6. The fraction of sp³-hybridized carbons (Fsp3) is 0.263. The minimum Gasteiger partial charge on any atom is -0.324 e. The Morgan fingerprint density at radius 2 is 1.80 bits per heavy atom. The number of aryl methyl sites for hydroxylation is 1. The van der Waals surface area contributed by atoms with E-state index in [4.69, 9.17) is 0 Å². The van der Waals surface area contributed by atoms with Gasteiger partial charge in [0, 0.05) is 17.9 Å².